The van der Waals surface area contributed by atoms with Crippen molar-refractivity contribution in [2.75, 3.05) is 10.6 Å². The maximum absolute atomic E-state index is 12.3. The van der Waals surface area contributed by atoms with Gasteiger partial charge in [0.1, 0.15) is 11.6 Å². The number of benzene rings is 3. The van der Waals surface area contributed by atoms with Gasteiger partial charge >= 0.3 is 5.97 Å². The van der Waals surface area contributed by atoms with E-state index in [1.54, 1.807) is 6.07 Å². The van der Waals surface area contributed by atoms with Crippen LogP contribution in [0.5, 0.6) is 0 Å². The minimum absolute atomic E-state index is 0.0459. The predicted molar refractivity (Wildman–Crippen MR) is 103 cm³/mol. The summed E-state index contributed by atoms with van der Waals surface area (Å²) in [5.41, 5.74) is 0.947. The minimum atomic E-state index is -1.10. The maximum Gasteiger partial charge on any atom is 0.335 e. The largest absolute Gasteiger partial charge is 0.478 e. The molecule has 27 heavy (non-hydrogen) atoms. The average molecular weight is 357 g/mol. The molecule has 0 saturated heterocycles. The zero-order valence-corrected chi connectivity index (χ0v) is 14.1. The van der Waals surface area contributed by atoms with Gasteiger partial charge in [0.25, 0.3) is 5.91 Å². The zero-order valence-electron chi connectivity index (χ0n) is 14.1. The molecular formula is C21H15N3O3. The number of anilines is 2. The van der Waals surface area contributed by atoms with Crippen LogP contribution in [0, 0.1) is 11.3 Å². The average Bonchev–Trinajstić information content (AvgIpc) is 2.68. The predicted octanol–water partition coefficient (Wildman–Crippen LogP) is 4.00. The first-order chi connectivity index (χ1) is 13.1. The molecule has 0 saturated carbocycles. The Morgan fingerprint density at radius 1 is 0.926 bits per heavy atom. The fraction of sp³-hybridized carbons (Fsp3) is 0. The highest BCUT2D eigenvalue weighted by Gasteiger charge is 2.11. The fourth-order valence-electron chi connectivity index (χ4n) is 2.51. The first-order valence-electron chi connectivity index (χ1n) is 8.07. The second-order valence-electron chi connectivity index (χ2n) is 5.72. The Hall–Kier alpha value is -4.11. The molecule has 0 fully saturated rings. The number of hydrogen-bond donors (Lipinski definition) is 3. The lowest BCUT2D eigenvalue weighted by atomic mass is 10.1. The van der Waals surface area contributed by atoms with Crippen molar-refractivity contribution in [1.29, 1.82) is 5.26 Å². The van der Waals surface area contributed by atoms with Crippen LogP contribution >= 0.6 is 0 Å². The number of nitrogens with zero attached hydrogens (tertiary/aromatic N) is 1. The van der Waals surface area contributed by atoms with E-state index in [4.69, 9.17) is 5.11 Å². The molecule has 0 atom stereocenters. The van der Waals surface area contributed by atoms with Crippen LogP contribution in [0.3, 0.4) is 0 Å². The summed E-state index contributed by atoms with van der Waals surface area (Å²) in [5.74, 6) is -1.73. The van der Waals surface area contributed by atoms with Crippen molar-refractivity contribution in [2.45, 2.75) is 0 Å². The van der Waals surface area contributed by atoms with Crippen molar-refractivity contribution < 1.29 is 14.7 Å². The lowest BCUT2D eigenvalue weighted by molar-refractivity contribution is -0.112. The number of amides is 1. The molecule has 6 heteroatoms. The highest BCUT2D eigenvalue weighted by Crippen LogP contribution is 2.19. The molecule has 132 valence electrons. The molecule has 1 amide bonds. The van der Waals surface area contributed by atoms with Crippen molar-refractivity contribution in [3.63, 3.8) is 0 Å². The molecule has 0 aromatic heterocycles. The third kappa shape index (κ3) is 4.30. The van der Waals surface area contributed by atoms with Crippen LogP contribution in [-0.2, 0) is 4.79 Å². The van der Waals surface area contributed by atoms with Crippen molar-refractivity contribution in [2.24, 2.45) is 0 Å². The monoisotopic (exact) mass is 357 g/mol. The van der Waals surface area contributed by atoms with Crippen LogP contribution in [0.1, 0.15) is 10.4 Å². The summed E-state index contributed by atoms with van der Waals surface area (Å²) in [7, 11) is 0. The lowest BCUT2D eigenvalue weighted by Gasteiger charge is -2.07. The van der Waals surface area contributed by atoms with Gasteiger partial charge in [0.15, 0.2) is 0 Å². The van der Waals surface area contributed by atoms with E-state index in [1.807, 2.05) is 48.5 Å². The Bertz CT molecular complexity index is 1100. The standard InChI is InChI=1S/C21H15N3O3/c22-12-17(20(25)24-19-7-3-6-16(11-19)21(26)27)13-23-18-9-8-14-4-1-2-5-15(14)10-18/h1-11,13,23H,(H,24,25)(H,26,27)/b17-13-. The second-order valence-corrected chi connectivity index (χ2v) is 5.72. The number of nitriles is 1. The van der Waals surface area contributed by atoms with E-state index < -0.39 is 11.9 Å². The summed E-state index contributed by atoms with van der Waals surface area (Å²) in [6.07, 6.45) is 1.32. The van der Waals surface area contributed by atoms with Gasteiger partial charge in [-0.05, 0) is 41.1 Å². The quantitative estimate of drug-likeness (QED) is 0.473. The Labute approximate surface area is 155 Å². The molecule has 3 rings (SSSR count). The molecule has 3 aromatic carbocycles. The summed E-state index contributed by atoms with van der Waals surface area (Å²) >= 11 is 0. The van der Waals surface area contributed by atoms with Crippen LogP contribution in [0.15, 0.2) is 78.5 Å². The van der Waals surface area contributed by atoms with Gasteiger partial charge in [0.05, 0.1) is 5.56 Å². The van der Waals surface area contributed by atoms with Crippen molar-refractivity contribution in [3.8, 4) is 6.07 Å². The molecule has 3 N–H and O–H groups in total. The van der Waals surface area contributed by atoms with E-state index >= 15 is 0 Å². The van der Waals surface area contributed by atoms with E-state index in [1.165, 1.54) is 24.4 Å². The van der Waals surface area contributed by atoms with E-state index in [0.29, 0.717) is 5.69 Å². The Morgan fingerprint density at radius 2 is 1.70 bits per heavy atom. The number of fused-ring (bicyclic) bond motifs is 1. The van der Waals surface area contributed by atoms with Gasteiger partial charge < -0.3 is 15.7 Å². The van der Waals surface area contributed by atoms with Crippen LogP contribution in [0.25, 0.3) is 10.8 Å². The second kappa shape index (κ2) is 7.85. The molecule has 0 bridgehead atoms. The van der Waals surface area contributed by atoms with Gasteiger partial charge in [-0.2, -0.15) is 5.26 Å². The highest BCUT2D eigenvalue weighted by molar-refractivity contribution is 6.07. The molecule has 0 heterocycles. The topological polar surface area (TPSA) is 102 Å². The molecule has 3 aromatic rings. The normalized spacial score (nSPS) is 10.9. The summed E-state index contributed by atoms with van der Waals surface area (Å²) in [4.78, 5) is 23.3. The van der Waals surface area contributed by atoms with Crippen molar-refractivity contribution >= 4 is 34.0 Å². The molecule has 0 spiro atoms. The molecule has 0 aliphatic heterocycles. The molecule has 0 aliphatic carbocycles. The van der Waals surface area contributed by atoms with Gasteiger partial charge in [-0.15, -0.1) is 0 Å². The van der Waals surface area contributed by atoms with Gasteiger partial charge in [0, 0.05) is 17.6 Å². The number of aromatic carboxylic acids is 1. The number of carboxylic acids is 1. The first kappa shape index (κ1) is 17.7. The maximum atomic E-state index is 12.3. The molecule has 0 unspecified atom stereocenters. The van der Waals surface area contributed by atoms with Crippen LogP contribution < -0.4 is 10.6 Å². The summed E-state index contributed by atoms with van der Waals surface area (Å²) < 4.78 is 0. The molecule has 0 aliphatic rings. The molecule has 6 nitrogen and oxygen atoms in total. The fourth-order valence-corrected chi connectivity index (χ4v) is 2.51. The third-order valence-corrected chi connectivity index (χ3v) is 3.87. The summed E-state index contributed by atoms with van der Waals surface area (Å²) in [6.45, 7) is 0. The van der Waals surface area contributed by atoms with Crippen molar-refractivity contribution in [3.05, 3.63) is 84.1 Å². The lowest BCUT2D eigenvalue weighted by Crippen LogP contribution is -2.15. The van der Waals surface area contributed by atoms with Crippen LogP contribution in [-0.4, -0.2) is 17.0 Å². The number of carbonyl (C=O) groups is 2. The van der Waals surface area contributed by atoms with Gasteiger partial charge in [-0.25, -0.2) is 4.79 Å². The minimum Gasteiger partial charge on any atom is -0.478 e. The number of hydrogen-bond acceptors (Lipinski definition) is 4. The van der Waals surface area contributed by atoms with E-state index in [2.05, 4.69) is 10.6 Å². The number of carbonyl (C=O) groups excluding carboxylic acids is 1. The number of carboxylic acid groups (broad SMARTS) is 1. The highest BCUT2D eigenvalue weighted by atomic mass is 16.4. The summed E-state index contributed by atoms with van der Waals surface area (Å²) in [5, 5.41) is 25.8. The smallest absolute Gasteiger partial charge is 0.335 e. The van der Waals surface area contributed by atoms with Crippen LogP contribution in [0.2, 0.25) is 0 Å². The number of rotatable bonds is 5. The molecular weight excluding hydrogens is 342 g/mol. The van der Waals surface area contributed by atoms with Gasteiger partial charge in [0.2, 0.25) is 0 Å². The summed E-state index contributed by atoms with van der Waals surface area (Å²) in [6, 6.07) is 21.2. The Balaban J connectivity index is 1.75. The Morgan fingerprint density at radius 3 is 2.44 bits per heavy atom. The molecule has 0 radical (unpaired) electrons. The zero-order chi connectivity index (χ0) is 19.2. The van der Waals surface area contributed by atoms with E-state index in [-0.39, 0.29) is 11.1 Å². The van der Waals surface area contributed by atoms with Gasteiger partial charge in [-0.1, -0.05) is 36.4 Å². The Kier molecular flexibility index (Phi) is 5.15. The van der Waals surface area contributed by atoms with Crippen LogP contribution in [0.4, 0.5) is 11.4 Å². The van der Waals surface area contributed by atoms with Crippen molar-refractivity contribution in [1.82, 2.24) is 0 Å². The van der Waals surface area contributed by atoms with Gasteiger partial charge in [-0.3, -0.25) is 4.79 Å². The third-order valence-electron chi connectivity index (χ3n) is 3.87. The van der Waals surface area contributed by atoms with E-state index in [9.17, 15) is 14.9 Å². The van der Waals surface area contributed by atoms with E-state index in [0.717, 1.165) is 16.5 Å². The number of nitrogens with one attached hydrogen (secondary N) is 2. The first-order valence-corrected chi connectivity index (χ1v) is 8.07. The SMILES string of the molecule is N#C/C(=C/Nc1ccc2ccccc2c1)C(=O)Nc1cccc(C(=O)O)c1.